The van der Waals surface area contributed by atoms with Crippen LogP contribution in [0.2, 0.25) is 0 Å². The molecule has 5 rings (SSSR count). The van der Waals surface area contributed by atoms with Gasteiger partial charge in [0.15, 0.2) is 0 Å². The first-order valence-electron chi connectivity index (χ1n) is 12.0. The van der Waals surface area contributed by atoms with Gasteiger partial charge < -0.3 is 24.8 Å². The molecule has 190 valence electrons. The Morgan fingerprint density at radius 3 is 2.00 bits per heavy atom. The van der Waals surface area contributed by atoms with Crippen molar-refractivity contribution in [2.45, 2.75) is 39.5 Å². The molecule has 4 aromatic carbocycles. The van der Waals surface area contributed by atoms with E-state index in [-0.39, 0.29) is 24.8 Å². The topological polar surface area (TPSA) is 0 Å². The van der Waals surface area contributed by atoms with Gasteiger partial charge in [-0.1, -0.05) is 75.1 Å². The third-order valence-corrected chi connectivity index (χ3v) is 6.87. The fourth-order valence-electron chi connectivity index (χ4n) is 3.94. The van der Waals surface area contributed by atoms with Crippen molar-refractivity contribution in [2.75, 3.05) is 0 Å². The van der Waals surface area contributed by atoms with Crippen LogP contribution in [0, 0.1) is 13.0 Å². The summed E-state index contributed by atoms with van der Waals surface area (Å²) in [6, 6.07) is 31.0. The quantitative estimate of drug-likeness (QED) is 0.278. The van der Waals surface area contributed by atoms with Crippen LogP contribution in [0.3, 0.4) is 0 Å². The number of halogens is 2. The van der Waals surface area contributed by atoms with Crippen LogP contribution in [0.5, 0.6) is 0 Å². The first-order valence-corrected chi connectivity index (χ1v) is 13.4. The minimum atomic E-state index is 0. The summed E-state index contributed by atoms with van der Waals surface area (Å²) in [5.41, 5.74) is 12.0. The van der Waals surface area contributed by atoms with E-state index in [1.165, 1.54) is 68.7 Å². The molecule has 0 spiro atoms. The van der Waals surface area contributed by atoms with Crippen molar-refractivity contribution in [3.8, 4) is 11.1 Å². The van der Waals surface area contributed by atoms with Crippen molar-refractivity contribution in [2.24, 2.45) is 0 Å². The van der Waals surface area contributed by atoms with Crippen LogP contribution in [0.4, 0.5) is 0 Å². The summed E-state index contributed by atoms with van der Waals surface area (Å²) in [4.78, 5) is 0. The molecule has 0 fully saturated rings. The molecule has 0 atom stereocenters. The first-order chi connectivity index (χ1) is 16.7. The summed E-state index contributed by atoms with van der Waals surface area (Å²) in [7, 11) is 0. The van der Waals surface area contributed by atoms with E-state index < -0.39 is 0 Å². The average molecular weight is 605 g/mol. The maximum atomic E-state index is 3.82. The van der Waals surface area contributed by atoms with Crippen LogP contribution < -0.4 is 24.8 Å². The van der Waals surface area contributed by atoms with E-state index >= 15 is 0 Å². The zero-order valence-electron chi connectivity index (χ0n) is 22.1. The molecule has 0 aliphatic heterocycles. The van der Waals surface area contributed by atoms with Crippen LogP contribution in [-0.2, 0) is 36.1 Å². The van der Waals surface area contributed by atoms with Gasteiger partial charge in [0.1, 0.15) is 0 Å². The summed E-state index contributed by atoms with van der Waals surface area (Å²) in [6.07, 6.45) is 4.74. The summed E-state index contributed by atoms with van der Waals surface area (Å²) >= 11 is 1.46. The fraction of sp³-hybridized carbons (Fsp3) is 0.176. The Bertz CT molecular complexity index is 1250. The molecule has 1 aliphatic rings. The Morgan fingerprint density at radius 2 is 1.51 bits per heavy atom. The average Bonchev–Trinajstić information content (AvgIpc) is 3.48. The normalized spacial score (nSPS) is 10.5. The zero-order valence-corrected chi connectivity index (χ0v) is 26.1. The molecule has 0 saturated heterocycles. The molecule has 3 heteroatoms. The summed E-state index contributed by atoms with van der Waals surface area (Å²) in [5.74, 6) is 0. The van der Waals surface area contributed by atoms with Gasteiger partial charge in [0.25, 0.3) is 0 Å². The van der Waals surface area contributed by atoms with E-state index in [0.29, 0.717) is 5.41 Å². The summed E-state index contributed by atoms with van der Waals surface area (Å²) in [5, 5.41) is 0. The van der Waals surface area contributed by atoms with Crippen LogP contribution >= 0.6 is 0 Å². The van der Waals surface area contributed by atoms with Crippen LogP contribution in [0.25, 0.3) is 23.3 Å². The predicted octanol–water partition coefficient (Wildman–Crippen LogP) is 2.75. The fourth-order valence-corrected chi connectivity index (χ4v) is 4.42. The van der Waals surface area contributed by atoms with Gasteiger partial charge >= 0.3 is 63.8 Å². The minimum absolute atomic E-state index is 0. The van der Waals surface area contributed by atoms with E-state index in [2.05, 4.69) is 117 Å². The van der Waals surface area contributed by atoms with E-state index in [1.807, 2.05) is 24.3 Å². The van der Waals surface area contributed by atoms with Gasteiger partial charge in [-0.2, -0.15) is 47.0 Å². The molecule has 0 radical (unpaired) electrons. The molecule has 0 unspecified atom stereocenters. The second-order valence-electron chi connectivity index (χ2n) is 9.81. The maximum absolute atomic E-state index is 3.82. The molecule has 0 saturated carbocycles. The first kappa shape index (κ1) is 32.9. The van der Waals surface area contributed by atoms with Crippen LogP contribution in [0.15, 0.2) is 92.0 Å². The third-order valence-electron chi connectivity index (χ3n) is 6.05. The molecule has 0 N–H and O–H groups in total. The zero-order chi connectivity index (χ0) is 25.4. The molecule has 0 heterocycles. The molecule has 0 bridgehead atoms. The molecular weight excluding hydrogens is 571 g/mol. The molecular formula is C34H34Cl2Zr-2. The predicted molar refractivity (Wildman–Crippen MR) is 151 cm³/mol. The number of fused-ring (bicyclic) bond motifs is 3. The van der Waals surface area contributed by atoms with Gasteiger partial charge in [0.05, 0.1) is 0 Å². The molecule has 0 aromatic heterocycles. The van der Waals surface area contributed by atoms with E-state index in [4.69, 9.17) is 0 Å². The van der Waals surface area contributed by atoms with Gasteiger partial charge in [-0.25, -0.2) is 6.07 Å². The second-order valence-corrected chi connectivity index (χ2v) is 10.5. The Balaban J connectivity index is 0.000000295. The second kappa shape index (κ2) is 15.3. The van der Waals surface area contributed by atoms with E-state index in [9.17, 15) is 0 Å². The van der Waals surface area contributed by atoms with Crippen molar-refractivity contribution in [1.29, 1.82) is 0 Å². The molecule has 0 nitrogen and oxygen atoms in total. The standard InChI is InChI=1S/C17H13.C10H15.C7H6.2ClH.Zr/c1-3-12-5-7-14-11-15-8-6-13(4-2)10-17(15)16(14)9-12;1-8-5-6-9(7-8)10(2,3)4;1-7-5-3-2-4-6-7;;;/h3-7,9-10H,1-2,11H2;5-7H,1-4H3;1-6H;2*1H;/q2*-1;;;;+2/p-2. The number of hydrogen-bond acceptors (Lipinski definition) is 0. The Hall–Kier alpha value is -2.18. The van der Waals surface area contributed by atoms with Crippen molar-refractivity contribution < 1.29 is 49.0 Å². The van der Waals surface area contributed by atoms with Gasteiger partial charge in [0, 0.05) is 0 Å². The number of rotatable bonds is 3. The Labute approximate surface area is 251 Å². The van der Waals surface area contributed by atoms with Crippen molar-refractivity contribution in [3.63, 3.8) is 0 Å². The van der Waals surface area contributed by atoms with Crippen molar-refractivity contribution in [3.05, 3.63) is 137 Å². The number of hydrogen-bond donors (Lipinski definition) is 0. The van der Waals surface area contributed by atoms with Crippen LogP contribution in [0.1, 0.15) is 59.7 Å². The Kier molecular flexibility index (Phi) is 13.6. The molecule has 1 aliphatic carbocycles. The third kappa shape index (κ3) is 9.26. The number of benzene rings is 3. The number of aryl methyl sites for hydroxylation is 1. The van der Waals surface area contributed by atoms with Crippen molar-refractivity contribution in [1.82, 2.24) is 0 Å². The molecule has 0 amide bonds. The Morgan fingerprint density at radius 1 is 0.865 bits per heavy atom. The summed E-state index contributed by atoms with van der Waals surface area (Å²) < 4.78 is 2.17. The van der Waals surface area contributed by atoms with E-state index in [1.54, 1.807) is 0 Å². The molecule has 4 aromatic rings. The van der Waals surface area contributed by atoms with E-state index in [0.717, 1.165) is 12.0 Å². The van der Waals surface area contributed by atoms with Gasteiger partial charge in [0.2, 0.25) is 0 Å². The SMILES string of the molecule is C=Cc1c[c-]c2c(c1)-c1cc(C=C)ccc1C2.Cc1cc(C(C)(C)C)c[cH-]1.[Cl-].[Cl-].[Zr+2]=[CH]c1ccccc1. The summed E-state index contributed by atoms with van der Waals surface area (Å²) in [6.45, 7) is 16.5. The molecule has 37 heavy (non-hydrogen) atoms. The van der Waals surface area contributed by atoms with Crippen LogP contribution in [-0.4, -0.2) is 3.71 Å². The van der Waals surface area contributed by atoms with Gasteiger partial charge in [-0.3, -0.25) is 0 Å². The van der Waals surface area contributed by atoms with Gasteiger partial charge in [-0.05, 0) is 12.0 Å². The van der Waals surface area contributed by atoms with Crippen molar-refractivity contribution >= 4 is 15.9 Å². The van der Waals surface area contributed by atoms with Gasteiger partial charge in [-0.15, -0.1) is 23.8 Å². The monoisotopic (exact) mass is 602 g/mol.